The van der Waals surface area contributed by atoms with Gasteiger partial charge in [0.25, 0.3) is 5.91 Å². The van der Waals surface area contributed by atoms with Crippen molar-refractivity contribution in [3.63, 3.8) is 0 Å². The average Bonchev–Trinajstić information content (AvgIpc) is 2.74. The highest BCUT2D eigenvalue weighted by atomic mass is 16.7. The molecule has 1 saturated heterocycles. The molecule has 5 nitrogen and oxygen atoms in total. The number of hydroxylamine groups is 1. The molecule has 5 heteroatoms. The molecule has 0 bridgehead atoms. The summed E-state index contributed by atoms with van der Waals surface area (Å²) < 4.78 is 10.3. The summed E-state index contributed by atoms with van der Waals surface area (Å²) in [7, 11) is 3.12. The van der Waals surface area contributed by atoms with Crippen molar-refractivity contribution in [2.24, 2.45) is 0 Å². The number of amides is 1. The monoisotopic (exact) mass is 223 g/mol. The van der Waals surface area contributed by atoms with Crippen molar-refractivity contribution >= 4 is 11.6 Å². The van der Waals surface area contributed by atoms with Gasteiger partial charge >= 0.3 is 0 Å². The minimum Gasteiger partial charge on any atom is -0.497 e. The Labute approximate surface area is 93.5 Å². The van der Waals surface area contributed by atoms with E-state index < -0.39 is 0 Å². The molecule has 2 rings (SSSR count). The molecule has 1 heterocycles. The van der Waals surface area contributed by atoms with Crippen LogP contribution in [0.5, 0.6) is 11.5 Å². The van der Waals surface area contributed by atoms with Gasteiger partial charge in [0.05, 0.1) is 27.2 Å². The van der Waals surface area contributed by atoms with E-state index in [2.05, 4.69) is 0 Å². The van der Waals surface area contributed by atoms with Crippen LogP contribution in [0.25, 0.3) is 0 Å². The van der Waals surface area contributed by atoms with E-state index in [1.807, 2.05) is 0 Å². The van der Waals surface area contributed by atoms with Gasteiger partial charge in [0.1, 0.15) is 17.2 Å². The maximum atomic E-state index is 11.5. The average molecular weight is 223 g/mol. The highest BCUT2D eigenvalue weighted by Crippen LogP contribution is 2.34. The highest BCUT2D eigenvalue weighted by molar-refractivity contribution is 5.94. The van der Waals surface area contributed by atoms with Crippen LogP contribution in [0.1, 0.15) is 6.42 Å². The Morgan fingerprint density at radius 3 is 2.69 bits per heavy atom. The van der Waals surface area contributed by atoms with Crippen LogP contribution in [0.2, 0.25) is 0 Å². The lowest BCUT2D eigenvalue weighted by Crippen LogP contribution is -2.22. The van der Waals surface area contributed by atoms with Crippen LogP contribution < -0.4 is 14.5 Å². The molecule has 0 aromatic heterocycles. The van der Waals surface area contributed by atoms with Gasteiger partial charge in [-0.3, -0.25) is 9.63 Å². The van der Waals surface area contributed by atoms with Crippen molar-refractivity contribution in [2.45, 2.75) is 6.42 Å². The first-order chi connectivity index (χ1) is 7.76. The molecular formula is C11H13NO4. The van der Waals surface area contributed by atoms with E-state index in [-0.39, 0.29) is 5.91 Å². The summed E-state index contributed by atoms with van der Waals surface area (Å²) >= 11 is 0. The molecule has 1 aliphatic rings. The Kier molecular flexibility index (Phi) is 2.96. The second kappa shape index (κ2) is 4.40. The number of benzene rings is 1. The van der Waals surface area contributed by atoms with Crippen LogP contribution in [0.15, 0.2) is 18.2 Å². The smallest absolute Gasteiger partial charge is 0.253 e. The Hall–Kier alpha value is -1.75. The number of anilines is 1. The zero-order chi connectivity index (χ0) is 11.5. The third-order valence-corrected chi connectivity index (χ3v) is 2.37. The number of hydrogen-bond acceptors (Lipinski definition) is 4. The third kappa shape index (κ3) is 1.81. The molecule has 0 atom stereocenters. The van der Waals surface area contributed by atoms with Crippen LogP contribution in [-0.2, 0) is 9.63 Å². The predicted molar refractivity (Wildman–Crippen MR) is 57.6 cm³/mol. The van der Waals surface area contributed by atoms with Crippen LogP contribution >= 0.6 is 0 Å². The van der Waals surface area contributed by atoms with Gasteiger partial charge in [0, 0.05) is 6.07 Å². The molecule has 0 spiro atoms. The van der Waals surface area contributed by atoms with Crippen molar-refractivity contribution in [1.29, 1.82) is 0 Å². The van der Waals surface area contributed by atoms with E-state index in [4.69, 9.17) is 14.3 Å². The van der Waals surface area contributed by atoms with Gasteiger partial charge < -0.3 is 9.47 Å². The van der Waals surface area contributed by atoms with Gasteiger partial charge in [-0.05, 0) is 12.1 Å². The lowest BCUT2D eigenvalue weighted by Gasteiger charge is -2.17. The summed E-state index contributed by atoms with van der Waals surface area (Å²) in [5.41, 5.74) is 0.603. The summed E-state index contributed by atoms with van der Waals surface area (Å²) in [6, 6.07) is 5.21. The Bertz CT molecular complexity index is 405. The number of methoxy groups -OCH3 is 2. The molecule has 16 heavy (non-hydrogen) atoms. The van der Waals surface area contributed by atoms with E-state index in [1.165, 1.54) is 5.06 Å². The second-order valence-corrected chi connectivity index (χ2v) is 3.31. The van der Waals surface area contributed by atoms with E-state index in [1.54, 1.807) is 32.4 Å². The second-order valence-electron chi connectivity index (χ2n) is 3.31. The zero-order valence-corrected chi connectivity index (χ0v) is 9.23. The van der Waals surface area contributed by atoms with Gasteiger partial charge in [-0.15, -0.1) is 0 Å². The topological polar surface area (TPSA) is 48.0 Å². The molecule has 0 aliphatic carbocycles. The zero-order valence-electron chi connectivity index (χ0n) is 9.23. The minimum atomic E-state index is -0.0662. The molecule has 0 unspecified atom stereocenters. The van der Waals surface area contributed by atoms with Crippen molar-refractivity contribution < 1.29 is 19.1 Å². The Morgan fingerprint density at radius 1 is 1.31 bits per heavy atom. The van der Waals surface area contributed by atoms with E-state index in [0.29, 0.717) is 30.2 Å². The summed E-state index contributed by atoms with van der Waals surface area (Å²) in [5, 5.41) is 1.26. The predicted octanol–water partition coefficient (Wildman–Crippen LogP) is 1.37. The Balaban J connectivity index is 2.36. The molecule has 1 aromatic rings. The number of carbonyl (C=O) groups excluding carboxylic acids is 1. The van der Waals surface area contributed by atoms with Crippen molar-refractivity contribution in [1.82, 2.24) is 0 Å². The standard InChI is InChI=1S/C11H13NO4/c1-14-8-3-4-9(10(7-8)15-2)12-11(13)5-6-16-12/h3-4,7H,5-6H2,1-2H3. The lowest BCUT2D eigenvalue weighted by atomic mass is 10.2. The fourth-order valence-electron chi connectivity index (χ4n) is 1.55. The largest absolute Gasteiger partial charge is 0.497 e. The fourth-order valence-corrected chi connectivity index (χ4v) is 1.55. The molecular weight excluding hydrogens is 210 g/mol. The molecule has 1 aliphatic heterocycles. The van der Waals surface area contributed by atoms with Crippen LogP contribution in [0.4, 0.5) is 5.69 Å². The number of ether oxygens (including phenoxy) is 2. The maximum absolute atomic E-state index is 11.5. The highest BCUT2D eigenvalue weighted by Gasteiger charge is 2.26. The molecule has 1 amide bonds. The first-order valence-corrected chi connectivity index (χ1v) is 4.94. The molecule has 1 aromatic carbocycles. The van der Waals surface area contributed by atoms with E-state index in [9.17, 15) is 4.79 Å². The molecule has 0 radical (unpaired) electrons. The summed E-state index contributed by atoms with van der Waals surface area (Å²) in [6.45, 7) is 0.411. The number of carbonyl (C=O) groups is 1. The number of rotatable bonds is 3. The molecule has 1 fully saturated rings. The van der Waals surface area contributed by atoms with Gasteiger partial charge in [-0.25, -0.2) is 0 Å². The third-order valence-electron chi connectivity index (χ3n) is 2.37. The van der Waals surface area contributed by atoms with Crippen LogP contribution in [-0.4, -0.2) is 26.7 Å². The lowest BCUT2D eigenvalue weighted by molar-refractivity contribution is -0.119. The number of nitrogens with zero attached hydrogens (tertiary/aromatic N) is 1. The van der Waals surface area contributed by atoms with Crippen LogP contribution in [0.3, 0.4) is 0 Å². The van der Waals surface area contributed by atoms with Gasteiger partial charge in [0.15, 0.2) is 0 Å². The summed E-state index contributed by atoms with van der Waals surface area (Å²) in [6.07, 6.45) is 0.398. The SMILES string of the molecule is COc1ccc(N2OCCC2=O)c(OC)c1. The molecule has 0 saturated carbocycles. The number of hydrogen-bond donors (Lipinski definition) is 0. The first-order valence-electron chi connectivity index (χ1n) is 4.94. The van der Waals surface area contributed by atoms with Crippen LogP contribution in [0, 0.1) is 0 Å². The normalized spacial score (nSPS) is 15.4. The fraction of sp³-hybridized carbons (Fsp3) is 0.364. The first kappa shape index (κ1) is 10.8. The van der Waals surface area contributed by atoms with Gasteiger partial charge in [-0.1, -0.05) is 0 Å². The maximum Gasteiger partial charge on any atom is 0.253 e. The van der Waals surface area contributed by atoms with Crippen molar-refractivity contribution in [3.8, 4) is 11.5 Å². The van der Waals surface area contributed by atoms with E-state index >= 15 is 0 Å². The minimum absolute atomic E-state index is 0.0662. The quantitative estimate of drug-likeness (QED) is 0.776. The van der Waals surface area contributed by atoms with Gasteiger partial charge in [0.2, 0.25) is 0 Å². The van der Waals surface area contributed by atoms with Crippen molar-refractivity contribution in [3.05, 3.63) is 18.2 Å². The van der Waals surface area contributed by atoms with Crippen molar-refractivity contribution in [2.75, 3.05) is 25.9 Å². The summed E-state index contributed by atoms with van der Waals surface area (Å²) in [5.74, 6) is 1.16. The van der Waals surface area contributed by atoms with E-state index in [0.717, 1.165) is 0 Å². The summed E-state index contributed by atoms with van der Waals surface area (Å²) in [4.78, 5) is 16.7. The Morgan fingerprint density at radius 2 is 2.12 bits per heavy atom. The molecule has 0 N–H and O–H groups in total. The molecule has 86 valence electrons. The van der Waals surface area contributed by atoms with Gasteiger partial charge in [-0.2, -0.15) is 5.06 Å².